The van der Waals surface area contributed by atoms with Crippen molar-refractivity contribution in [3.63, 3.8) is 0 Å². The molecule has 120 valence electrons. The second-order valence-corrected chi connectivity index (χ2v) is 5.91. The number of likely N-dealkylation sites (tertiary alicyclic amines) is 1. The molecule has 1 aromatic carbocycles. The maximum atomic E-state index is 12.6. The molecule has 1 amide bonds. The summed E-state index contributed by atoms with van der Waals surface area (Å²) < 4.78 is 5.31. The quantitative estimate of drug-likeness (QED) is 0.875. The number of amides is 1. The third kappa shape index (κ3) is 4.07. The van der Waals surface area contributed by atoms with Gasteiger partial charge in [0.05, 0.1) is 12.5 Å². The standard InChI is InChI=1S/C17H23NO4/c1-12(13-6-4-3-5-7-13)8-16(19)18-11-15(22-2)9-14(18)10-17(20)21/h3-7,12,14-15H,8-11H2,1-2H3,(H,20,21). The zero-order valence-corrected chi connectivity index (χ0v) is 13.1. The Morgan fingerprint density at radius 3 is 2.64 bits per heavy atom. The minimum absolute atomic E-state index is 0.00199. The van der Waals surface area contributed by atoms with Crippen LogP contribution >= 0.6 is 0 Å². The van der Waals surface area contributed by atoms with Gasteiger partial charge in [0, 0.05) is 26.1 Å². The molecule has 1 heterocycles. The van der Waals surface area contributed by atoms with E-state index in [1.54, 1.807) is 12.0 Å². The summed E-state index contributed by atoms with van der Waals surface area (Å²) in [5, 5.41) is 9.01. The van der Waals surface area contributed by atoms with Crippen molar-refractivity contribution in [1.82, 2.24) is 4.90 Å². The number of methoxy groups -OCH3 is 1. The zero-order valence-electron chi connectivity index (χ0n) is 13.1. The largest absolute Gasteiger partial charge is 0.481 e. The summed E-state index contributed by atoms with van der Waals surface area (Å²) in [7, 11) is 1.60. The van der Waals surface area contributed by atoms with E-state index in [2.05, 4.69) is 0 Å². The Bertz CT molecular complexity index is 517. The van der Waals surface area contributed by atoms with Crippen molar-refractivity contribution < 1.29 is 19.4 Å². The molecule has 1 saturated heterocycles. The highest BCUT2D eigenvalue weighted by Gasteiger charge is 2.36. The molecule has 0 radical (unpaired) electrons. The number of hydrogen-bond acceptors (Lipinski definition) is 3. The van der Waals surface area contributed by atoms with E-state index < -0.39 is 5.97 Å². The summed E-state index contributed by atoms with van der Waals surface area (Å²) in [5.41, 5.74) is 1.12. The molecule has 0 spiro atoms. The van der Waals surface area contributed by atoms with Crippen LogP contribution in [0.5, 0.6) is 0 Å². The monoisotopic (exact) mass is 305 g/mol. The highest BCUT2D eigenvalue weighted by Crippen LogP contribution is 2.26. The van der Waals surface area contributed by atoms with Crippen molar-refractivity contribution >= 4 is 11.9 Å². The fraction of sp³-hybridized carbons (Fsp3) is 0.529. The maximum Gasteiger partial charge on any atom is 0.305 e. The van der Waals surface area contributed by atoms with Crippen LogP contribution in [0.4, 0.5) is 0 Å². The normalized spacial score (nSPS) is 22.5. The number of benzene rings is 1. The molecule has 1 fully saturated rings. The molecule has 3 atom stereocenters. The van der Waals surface area contributed by atoms with E-state index in [9.17, 15) is 9.59 Å². The van der Waals surface area contributed by atoms with E-state index in [-0.39, 0.29) is 30.4 Å². The van der Waals surface area contributed by atoms with E-state index in [1.807, 2.05) is 37.3 Å². The lowest BCUT2D eigenvalue weighted by molar-refractivity contribution is -0.140. The number of carbonyl (C=O) groups is 2. The number of hydrogen-bond donors (Lipinski definition) is 1. The van der Waals surface area contributed by atoms with Crippen LogP contribution in [0.1, 0.15) is 37.7 Å². The van der Waals surface area contributed by atoms with Crippen LogP contribution < -0.4 is 0 Å². The Kier molecular flexibility index (Phi) is 5.55. The van der Waals surface area contributed by atoms with Crippen LogP contribution in [-0.4, -0.2) is 47.7 Å². The predicted octanol–water partition coefficient (Wildman–Crippen LogP) is 2.27. The molecule has 1 aliphatic rings. The first-order valence-corrected chi connectivity index (χ1v) is 7.60. The van der Waals surface area contributed by atoms with Crippen LogP contribution in [0, 0.1) is 0 Å². The number of aliphatic carboxylic acids is 1. The van der Waals surface area contributed by atoms with Gasteiger partial charge in [-0.25, -0.2) is 0 Å². The minimum Gasteiger partial charge on any atom is -0.481 e. The summed E-state index contributed by atoms with van der Waals surface area (Å²) >= 11 is 0. The van der Waals surface area contributed by atoms with Crippen molar-refractivity contribution in [2.75, 3.05) is 13.7 Å². The molecule has 0 saturated carbocycles. The van der Waals surface area contributed by atoms with Crippen molar-refractivity contribution in [2.24, 2.45) is 0 Å². The second-order valence-electron chi connectivity index (χ2n) is 5.91. The van der Waals surface area contributed by atoms with Gasteiger partial charge in [-0.3, -0.25) is 9.59 Å². The molecule has 22 heavy (non-hydrogen) atoms. The Morgan fingerprint density at radius 1 is 1.36 bits per heavy atom. The average molecular weight is 305 g/mol. The number of ether oxygens (including phenoxy) is 1. The fourth-order valence-electron chi connectivity index (χ4n) is 3.02. The Balaban J connectivity index is 2.01. The van der Waals surface area contributed by atoms with E-state index in [4.69, 9.17) is 9.84 Å². The van der Waals surface area contributed by atoms with E-state index >= 15 is 0 Å². The van der Waals surface area contributed by atoms with Crippen molar-refractivity contribution in [1.29, 1.82) is 0 Å². The number of carbonyl (C=O) groups excluding carboxylic acids is 1. The SMILES string of the molecule is COC1CC(CC(=O)O)N(C(=O)CC(C)c2ccccc2)C1. The lowest BCUT2D eigenvalue weighted by atomic mass is 9.97. The van der Waals surface area contributed by atoms with Gasteiger partial charge in [-0.1, -0.05) is 37.3 Å². The van der Waals surface area contributed by atoms with Crippen LogP contribution in [-0.2, 0) is 14.3 Å². The van der Waals surface area contributed by atoms with Crippen LogP contribution in [0.2, 0.25) is 0 Å². The summed E-state index contributed by atoms with van der Waals surface area (Å²) in [5.74, 6) is -0.765. The van der Waals surface area contributed by atoms with Gasteiger partial charge in [-0.2, -0.15) is 0 Å². The lowest BCUT2D eigenvalue weighted by Crippen LogP contribution is -2.37. The average Bonchev–Trinajstić information content (AvgIpc) is 2.90. The third-order valence-electron chi connectivity index (χ3n) is 4.29. The zero-order chi connectivity index (χ0) is 16.1. The maximum absolute atomic E-state index is 12.6. The molecule has 0 bridgehead atoms. The van der Waals surface area contributed by atoms with Gasteiger partial charge in [0.25, 0.3) is 0 Å². The van der Waals surface area contributed by atoms with Crippen molar-refractivity contribution in [3.8, 4) is 0 Å². The Morgan fingerprint density at radius 2 is 2.05 bits per heavy atom. The summed E-state index contributed by atoms with van der Waals surface area (Å²) in [6.07, 6.45) is 0.885. The predicted molar refractivity (Wildman–Crippen MR) is 82.6 cm³/mol. The van der Waals surface area contributed by atoms with E-state index in [0.29, 0.717) is 19.4 Å². The molecule has 0 aromatic heterocycles. The highest BCUT2D eigenvalue weighted by atomic mass is 16.5. The smallest absolute Gasteiger partial charge is 0.305 e. The van der Waals surface area contributed by atoms with Crippen LogP contribution in [0.3, 0.4) is 0 Å². The van der Waals surface area contributed by atoms with Crippen LogP contribution in [0.15, 0.2) is 30.3 Å². The van der Waals surface area contributed by atoms with E-state index in [1.165, 1.54) is 0 Å². The topological polar surface area (TPSA) is 66.8 Å². The molecule has 1 aromatic rings. The van der Waals surface area contributed by atoms with E-state index in [0.717, 1.165) is 5.56 Å². The van der Waals surface area contributed by atoms with Crippen LogP contribution in [0.25, 0.3) is 0 Å². The highest BCUT2D eigenvalue weighted by molar-refractivity contribution is 5.79. The minimum atomic E-state index is -0.879. The lowest BCUT2D eigenvalue weighted by Gasteiger charge is -2.25. The summed E-state index contributed by atoms with van der Waals surface area (Å²) in [6.45, 7) is 2.50. The summed E-state index contributed by atoms with van der Waals surface area (Å²) in [6, 6.07) is 9.62. The van der Waals surface area contributed by atoms with Crippen molar-refractivity contribution in [3.05, 3.63) is 35.9 Å². The molecular formula is C17H23NO4. The van der Waals surface area contributed by atoms with Gasteiger partial charge in [0.2, 0.25) is 5.91 Å². The molecule has 5 nitrogen and oxygen atoms in total. The van der Waals surface area contributed by atoms with Gasteiger partial charge < -0.3 is 14.7 Å². The first kappa shape index (κ1) is 16.5. The second kappa shape index (κ2) is 7.40. The van der Waals surface area contributed by atoms with Gasteiger partial charge in [0.1, 0.15) is 0 Å². The summed E-state index contributed by atoms with van der Waals surface area (Å²) in [4.78, 5) is 25.2. The molecule has 1 N–H and O–H groups in total. The number of nitrogens with zero attached hydrogens (tertiary/aromatic N) is 1. The van der Waals surface area contributed by atoms with Gasteiger partial charge in [-0.05, 0) is 17.9 Å². The molecular weight excluding hydrogens is 282 g/mol. The van der Waals surface area contributed by atoms with Gasteiger partial charge in [0.15, 0.2) is 0 Å². The molecule has 0 aliphatic carbocycles. The van der Waals surface area contributed by atoms with Gasteiger partial charge >= 0.3 is 5.97 Å². The number of rotatable bonds is 6. The fourth-order valence-corrected chi connectivity index (χ4v) is 3.02. The van der Waals surface area contributed by atoms with Gasteiger partial charge in [-0.15, -0.1) is 0 Å². The molecule has 5 heteroatoms. The molecule has 1 aliphatic heterocycles. The first-order valence-electron chi connectivity index (χ1n) is 7.60. The third-order valence-corrected chi connectivity index (χ3v) is 4.29. The number of carboxylic acids is 1. The first-order chi connectivity index (χ1) is 10.5. The Labute approximate surface area is 130 Å². The Hall–Kier alpha value is -1.88. The number of carboxylic acid groups (broad SMARTS) is 1. The molecule has 2 rings (SSSR count). The molecule has 3 unspecified atom stereocenters. The van der Waals surface area contributed by atoms with Crippen molar-refractivity contribution in [2.45, 2.75) is 44.2 Å².